The summed E-state index contributed by atoms with van der Waals surface area (Å²) in [7, 11) is -7.56. The summed E-state index contributed by atoms with van der Waals surface area (Å²) in [6.07, 6.45) is 5.39. The van der Waals surface area contributed by atoms with Crippen LogP contribution in [-0.2, 0) is 73.3 Å². The van der Waals surface area contributed by atoms with E-state index in [4.69, 9.17) is 33.3 Å². The van der Waals surface area contributed by atoms with Crippen LogP contribution in [-0.4, -0.2) is 158 Å². The number of phenols is 1. The highest BCUT2D eigenvalue weighted by Gasteiger charge is 2.45. The van der Waals surface area contributed by atoms with Gasteiger partial charge in [-0.15, -0.1) is 5.06 Å². The van der Waals surface area contributed by atoms with Crippen LogP contribution in [0.4, 0.5) is 11.4 Å². The van der Waals surface area contributed by atoms with Crippen LogP contribution in [0.25, 0.3) is 16.7 Å². The summed E-state index contributed by atoms with van der Waals surface area (Å²) in [5.74, 6) is -2.84. The molecule has 426 valence electrons. The third-order valence-corrected chi connectivity index (χ3v) is 15.3. The van der Waals surface area contributed by atoms with Gasteiger partial charge in [-0.05, 0) is 111 Å². The molecule has 1 saturated heterocycles. The van der Waals surface area contributed by atoms with Gasteiger partial charge in [0.1, 0.15) is 5.75 Å². The zero-order chi connectivity index (χ0) is 56.7. The molecule has 6 rings (SSSR count). The minimum atomic E-state index is -4.75. The monoisotopic (exact) mass is 1120 g/mol. The lowest BCUT2D eigenvalue weighted by molar-refractivity contribution is -0.197. The minimum Gasteiger partial charge on any atom is -0.507 e. The summed E-state index contributed by atoms with van der Waals surface area (Å²) in [5.41, 5.74) is 4.26. The fourth-order valence-electron chi connectivity index (χ4n) is 9.76. The Balaban J connectivity index is 1.30. The zero-order valence-electron chi connectivity index (χ0n) is 45.1. The van der Waals surface area contributed by atoms with Crippen molar-refractivity contribution < 1.29 is 78.7 Å². The van der Waals surface area contributed by atoms with Crippen molar-refractivity contribution in [3.05, 3.63) is 113 Å². The normalized spacial score (nSPS) is 17.9. The third-order valence-electron chi connectivity index (χ3n) is 13.6. The van der Waals surface area contributed by atoms with Crippen LogP contribution in [0.2, 0.25) is 0 Å². The maximum absolute atomic E-state index is 13.2. The number of phenolic OH excluding ortho intramolecular Hbond substituents is 1. The molecule has 0 aliphatic carbocycles. The fraction of sp³-hybridized carbons (Fsp3) is 0.482. The van der Waals surface area contributed by atoms with Crippen molar-refractivity contribution in [1.82, 2.24) is 5.06 Å². The molecule has 1 atom stereocenters. The Labute approximate surface area is 457 Å². The summed E-state index contributed by atoms with van der Waals surface area (Å²) >= 11 is 0. The van der Waals surface area contributed by atoms with Gasteiger partial charge in [0.25, 0.3) is 32.1 Å². The number of rotatable bonds is 32. The van der Waals surface area contributed by atoms with E-state index in [1.165, 1.54) is 18.2 Å². The van der Waals surface area contributed by atoms with Gasteiger partial charge in [-0.1, -0.05) is 43.0 Å². The van der Waals surface area contributed by atoms with E-state index in [0.29, 0.717) is 118 Å². The van der Waals surface area contributed by atoms with Crippen molar-refractivity contribution >= 4 is 66.1 Å². The Hall–Kier alpha value is -5.79. The van der Waals surface area contributed by atoms with E-state index in [9.17, 15) is 45.4 Å². The number of anilines is 2. The Kier molecular flexibility index (Phi) is 22.0. The van der Waals surface area contributed by atoms with Crippen molar-refractivity contribution in [2.75, 3.05) is 108 Å². The van der Waals surface area contributed by atoms with E-state index in [2.05, 4.69) is 31.4 Å². The molecule has 78 heavy (non-hydrogen) atoms. The number of ether oxygens (including phenoxy) is 6. The van der Waals surface area contributed by atoms with Crippen LogP contribution in [0.15, 0.2) is 96.1 Å². The third kappa shape index (κ3) is 16.6. The highest BCUT2D eigenvalue weighted by atomic mass is 32.2. The van der Waals surface area contributed by atoms with Gasteiger partial charge in [-0.2, -0.15) is 16.8 Å². The molecule has 3 heterocycles. The van der Waals surface area contributed by atoms with Crippen LogP contribution in [0.3, 0.4) is 0 Å². The average molecular weight is 1120 g/mol. The van der Waals surface area contributed by atoms with Crippen molar-refractivity contribution in [2.45, 2.75) is 82.1 Å². The molecule has 3 aromatic rings. The molecule has 22 heteroatoms. The molecule has 3 aliphatic heterocycles. The number of hydroxylamine groups is 2. The summed E-state index contributed by atoms with van der Waals surface area (Å²) in [5, 5.41) is 12.8. The van der Waals surface area contributed by atoms with E-state index >= 15 is 0 Å². The summed E-state index contributed by atoms with van der Waals surface area (Å²) in [6, 6.07) is 17.0. The molecule has 3 N–H and O–H groups in total. The number of hydrogen-bond donors (Lipinski definition) is 3. The predicted molar refractivity (Wildman–Crippen MR) is 294 cm³/mol. The topological polar surface area (TPSA) is 255 Å². The Morgan fingerprint density at radius 3 is 1.92 bits per heavy atom. The predicted octanol–water partition coefficient (Wildman–Crippen LogP) is 7.18. The van der Waals surface area contributed by atoms with Crippen LogP contribution in [0, 0.1) is 0 Å². The van der Waals surface area contributed by atoms with E-state index in [1.54, 1.807) is 30.2 Å². The SMILES string of the molecule is C=C(/C=C(/C=C1/N(CCCS(=O)(=O)O)c2ccc(S(=O)(=O)O)cc2C1(C)CCCC(=O)ON1C(=O)CCC1=O)c1cc2c(cc1O)N(CCOCCOCCOCCOCCOCCOC)C(C)(C)C=C2C)c1ccccc1. The number of carbonyl (C=O) groups excluding carboxylic acids is 3. The Bertz CT molecular complexity index is 2920. The molecule has 3 aliphatic rings. The van der Waals surface area contributed by atoms with E-state index in [0.717, 1.165) is 22.4 Å². The van der Waals surface area contributed by atoms with Crippen molar-refractivity contribution in [2.24, 2.45) is 0 Å². The van der Waals surface area contributed by atoms with E-state index in [-0.39, 0.29) is 50.8 Å². The number of nitrogens with zero attached hydrogens (tertiary/aromatic N) is 3. The van der Waals surface area contributed by atoms with Crippen molar-refractivity contribution in [1.29, 1.82) is 0 Å². The largest absolute Gasteiger partial charge is 0.507 e. The summed E-state index contributed by atoms with van der Waals surface area (Å²) in [4.78, 5) is 46.4. The highest BCUT2D eigenvalue weighted by Crippen LogP contribution is 2.53. The molecule has 0 bridgehead atoms. The molecule has 0 spiro atoms. The maximum Gasteiger partial charge on any atom is 0.333 e. The van der Waals surface area contributed by atoms with Gasteiger partial charge < -0.3 is 48.2 Å². The lowest BCUT2D eigenvalue weighted by Gasteiger charge is -2.43. The van der Waals surface area contributed by atoms with Gasteiger partial charge in [0.05, 0.1) is 88.9 Å². The first-order valence-corrected chi connectivity index (χ1v) is 28.9. The molecule has 3 aromatic carbocycles. The highest BCUT2D eigenvalue weighted by molar-refractivity contribution is 7.86. The van der Waals surface area contributed by atoms with Gasteiger partial charge in [0, 0.05) is 79.1 Å². The van der Waals surface area contributed by atoms with Crippen LogP contribution in [0.5, 0.6) is 5.75 Å². The number of aromatic hydroxyl groups is 1. The summed E-state index contributed by atoms with van der Waals surface area (Å²) < 4.78 is 103. The Morgan fingerprint density at radius 2 is 1.35 bits per heavy atom. The lowest BCUT2D eigenvalue weighted by atomic mass is 9.76. The van der Waals surface area contributed by atoms with Crippen LogP contribution in [0.1, 0.15) is 88.5 Å². The number of amides is 2. The second-order valence-electron chi connectivity index (χ2n) is 19.8. The first-order valence-electron chi connectivity index (χ1n) is 25.9. The molecule has 2 amide bonds. The summed E-state index contributed by atoms with van der Waals surface area (Å²) in [6.45, 7) is 17.5. The molecule has 0 saturated carbocycles. The number of benzene rings is 3. The number of imide groups is 1. The molecule has 0 radical (unpaired) electrons. The molecule has 1 fully saturated rings. The van der Waals surface area contributed by atoms with Gasteiger partial charge >= 0.3 is 5.97 Å². The first kappa shape index (κ1) is 61.4. The van der Waals surface area contributed by atoms with Crippen LogP contribution >= 0.6 is 0 Å². The molecular weight excluding hydrogens is 1050 g/mol. The van der Waals surface area contributed by atoms with Gasteiger partial charge in [-0.3, -0.25) is 18.7 Å². The first-order chi connectivity index (χ1) is 37.0. The van der Waals surface area contributed by atoms with Gasteiger partial charge in [0.15, 0.2) is 0 Å². The molecule has 20 nitrogen and oxygen atoms in total. The van der Waals surface area contributed by atoms with Gasteiger partial charge in [0.2, 0.25) is 0 Å². The average Bonchev–Trinajstić information content (AvgIpc) is 3.93. The van der Waals surface area contributed by atoms with Crippen LogP contribution < -0.4 is 9.80 Å². The number of fused-ring (bicyclic) bond motifs is 2. The van der Waals surface area contributed by atoms with E-state index in [1.807, 2.05) is 50.2 Å². The molecule has 1 unspecified atom stereocenters. The standard InChI is InChI=1S/C56H73N3O17S2/c1-40(42-12-8-7-9-13-42)34-43(46-37-45-41(2)39-55(3,4)58(49(45)38-50(46)60)21-22-71-25-26-73-29-30-75-32-31-74-28-27-72-24-23-70-6)35-51-56(5,19-10-14-54(63)76-59-52(61)17-18-53(59)62)47-36-44(78(67,68)69)15-16-48(47)57(51)20-11-33-77(64,65)66/h7-9,12-13,15-16,34-39,60H,1,10-11,14,17-33H2,2-6H3,(H,64,65,66)(H,67,68,69)/b43-34-,51-35+. The Morgan fingerprint density at radius 1 is 0.756 bits per heavy atom. The van der Waals surface area contributed by atoms with Crippen molar-refractivity contribution in [3.63, 3.8) is 0 Å². The van der Waals surface area contributed by atoms with Gasteiger partial charge in [-0.25, -0.2) is 4.79 Å². The maximum atomic E-state index is 13.2. The smallest absolute Gasteiger partial charge is 0.333 e. The number of carbonyl (C=O) groups is 3. The quantitative estimate of drug-likeness (QED) is 0.0242. The lowest BCUT2D eigenvalue weighted by Crippen LogP contribution is -2.46. The molecule has 0 aromatic heterocycles. The second-order valence-corrected chi connectivity index (χ2v) is 22.8. The fourth-order valence-corrected chi connectivity index (χ4v) is 10.8. The number of allylic oxidation sites excluding steroid dienone is 6. The second kappa shape index (κ2) is 27.9. The number of methoxy groups -OCH3 is 1. The molecular formula is C56H73N3O17S2. The minimum absolute atomic E-state index is 0.0122. The number of hydrogen-bond acceptors (Lipinski definition) is 17. The van der Waals surface area contributed by atoms with Crippen molar-refractivity contribution in [3.8, 4) is 5.75 Å². The van der Waals surface area contributed by atoms with E-state index < -0.39 is 59.6 Å². The zero-order valence-corrected chi connectivity index (χ0v) is 46.7.